The molecule has 1 atom stereocenters. The standard InChI is InChI=1S/C15H25NO2/c1-5-17-15(18-6-2)11-16-13(4)14-9-7-12(3)8-10-14/h7-10,13,15-16H,5-6,11H2,1-4H3/t13-/m0/s1. The monoisotopic (exact) mass is 251 g/mol. The van der Waals surface area contributed by atoms with Gasteiger partial charge >= 0.3 is 0 Å². The fourth-order valence-electron chi connectivity index (χ4n) is 1.78. The number of hydrogen-bond donors (Lipinski definition) is 1. The van der Waals surface area contributed by atoms with Crippen molar-refractivity contribution in [2.24, 2.45) is 0 Å². The van der Waals surface area contributed by atoms with Gasteiger partial charge in [-0.3, -0.25) is 0 Å². The molecule has 0 saturated heterocycles. The molecule has 1 aromatic rings. The summed E-state index contributed by atoms with van der Waals surface area (Å²) in [7, 11) is 0. The lowest BCUT2D eigenvalue weighted by molar-refractivity contribution is -0.133. The molecule has 0 aliphatic heterocycles. The minimum atomic E-state index is -0.159. The quantitative estimate of drug-likeness (QED) is 0.720. The van der Waals surface area contributed by atoms with Gasteiger partial charge in [0.05, 0.1) is 0 Å². The molecule has 102 valence electrons. The second-order valence-electron chi connectivity index (χ2n) is 4.38. The van der Waals surface area contributed by atoms with Crippen molar-refractivity contribution in [3.8, 4) is 0 Å². The van der Waals surface area contributed by atoms with Crippen LogP contribution in [0.3, 0.4) is 0 Å². The normalized spacial score (nSPS) is 12.9. The summed E-state index contributed by atoms with van der Waals surface area (Å²) >= 11 is 0. The minimum absolute atomic E-state index is 0.159. The van der Waals surface area contributed by atoms with Gasteiger partial charge < -0.3 is 14.8 Å². The Morgan fingerprint density at radius 2 is 1.61 bits per heavy atom. The fraction of sp³-hybridized carbons (Fsp3) is 0.600. The maximum atomic E-state index is 5.50. The third-order valence-corrected chi connectivity index (χ3v) is 2.87. The Morgan fingerprint density at radius 3 is 2.11 bits per heavy atom. The number of ether oxygens (including phenoxy) is 2. The van der Waals surface area contributed by atoms with Gasteiger partial charge in [0.1, 0.15) is 0 Å². The smallest absolute Gasteiger partial charge is 0.169 e. The first kappa shape index (κ1) is 15.2. The molecule has 1 N–H and O–H groups in total. The van der Waals surface area contributed by atoms with E-state index in [0.29, 0.717) is 25.8 Å². The molecule has 3 heteroatoms. The van der Waals surface area contributed by atoms with Crippen LogP contribution < -0.4 is 5.32 Å². The Hall–Kier alpha value is -0.900. The maximum Gasteiger partial charge on any atom is 0.169 e. The average Bonchev–Trinajstić information content (AvgIpc) is 2.37. The summed E-state index contributed by atoms with van der Waals surface area (Å²) in [6.07, 6.45) is -0.159. The van der Waals surface area contributed by atoms with Gasteiger partial charge in [-0.15, -0.1) is 0 Å². The van der Waals surface area contributed by atoms with Gasteiger partial charge in [-0.05, 0) is 33.3 Å². The molecule has 0 aliphatic rings. The lowest BCUT2D eigenvalue weighted by Gasteiger charge is -2.21. The van der Waals surface area contributed by atoms with Crippen molar-refractivity contribution in [2.75, 3.05) is 19.8 Å². The van der Waals surface area contributed by atoms with E-state index in [2.05, 4.69) is 43.4 Å². The van der Waals surface area contributed by atoms with E-state index in [1.54, 1.807) is 0 Å². The SMILES string of the molecule is CCOC(CN[C@@H](C)c1ccc(C)cc1)OCC. The molecule has 0 amide bonds. The Bertz CT molecular complexity index is 318. The van der Waals surface area contributed by atoms with Crippen LogP contribution in [0.1, 0.15) is 37.9 Å². The first-order valence-corrected chi connectivity index (χ1v) is 6.70. The molecule has 0 unspecified atom stereocenters. The first-order chi connectivity index (χ1) is 8.67. The molecule has 0 saturated carbocycles. The predicted molar refractivity (Wildman–Crippen MR) is 74.6 cm³/mol. The topological polar surface area (TPSA) is 30.5 Å². The molecule has 0 radical (unpaired) electrons. The van der Waals surface area contributed by atoms with E-state index in [0.717, 1.165) is 0 Å². The van der Waals surface area contributed by atoms with Crippen molar-refractivity contribution >= 4 is 0 Å². The van der Waals surface area contributed by atoms with Crippen molar-refractivity contribution in [3.05, 3.63) is 35.4 Å². The zero-order valence-corrected chi connectivity index (χ0v) is 11.9. The molecule has 0 aliphatic carbocycles. The minimum Gasteiger partial charge on any atom is -0.352 e. The van der Waals surface area contributed by atoms with E-state index in [-0.39, 0.29) is 6.29 Å². The van der Waals surface area contributed by atoms with Crippen LogP contribution in [0.4, 0.5) is 0 Å². The highest BCUT2D eigenvalue weighted by molar-refractivity contribution is 5.23. The highest BCUT2D eigenvalue weighted by Crippen LogP contribution is 2.13. The fourth-order valence-corrected chi connectivity index (χ4v) is 1.78. The summed E-state index contributed by atoms with van der Waals surface area (Å²) in [4.78, 5) is 0. The summed E-state index contributed by atoms with van der Waals surface area (Å²) in [6, 6.07) is 8.88. The number of nitrogens with one attached hydrogen (secondary N) is 1. The average molecular weight is 251 g/mol. The van der Waals surface area contributed by atoms with Crippen LogP contribution in [0.25, 0.3) is 0 Å². The lowest BCUT2D eigenvalue weighted by atomic mass is 10.1. The van der Waals surface area contributed by atoms with Crippen LogP contribution in [-0.2, 0) is 9.47 Å². The number of aryl methyl sites for hydroxylation is 1. The van der Waals surface area contributed by atoms with Gasteiger partial charge in [0, 0.05) is 25.8 Å². The Kier molecular flexibility index (Phi) is 6.94. The van der Waals surface area contributed by atoms with E-state index in [9.17, 15) is 0 Å². The summed E-state index contributed by atoms with van der Waals surface area (Å²) in [5.74, 6) is 0. The van der Waals surface area contributed by atoms with Crippen LogP contribution in [0.5, 0.6) is 0 Å². The molecular formula is C15H25NO2. The third kappa shape index (κ3) is 5.17. The molecule has 0 heterocycles. The van der Waals surface area contributed by atoms with E-state index in [1.807, 2.05) is 13.8 Å². The molecule has 0 aromatic heterocycles. The predicted octanol–water partition coefficient (Wildman–Crippen LogP) is 3.04. The third-order valence-electron chi connectivity index (χ3n) is 2.87. The van der Waals surface area contributed by atoms with Crippen molar-refractivity contribution in [3.63, 3.8) is 0 Å². The highest BCUT2D eigenvalue weighted by atomic mass is 16.7. The molecular weight excluding hydrogens is 226 g/mol. The van der Waals surface area contributed by atoms with Crippen LogP contribution >= 0.6 is 0 Å². The van der Waals surface area contributed by atoms with E-state index >= 15 is 0 Å². The summed E-state index contributed by atoms with van der Waals surface area (Å²) in [6.45, 7) is 10.3. The Morgan fingerprint density at radius 1 is 1.06 bits per heavy atom. The molecule has 0 fully saturated rings. The second-order valence-corrected chi connectivity index (χ2v) is 4.38. The van der Waals surface area contributed by atoms with Gasteiger partial charge in [-0.2, -0.15) is 0 Å². The Labute approximate surface area is 110 Å². The zero-order valence-electron chi connectivity index (χ0n) is 11.9. The molecule has 3 nitrogen and oxygen atoms in total. The number of rotatable bonds is 8. The van der Waals surface area contributed by atoms with E-state index in [4.69, 9.17) is 9.47 Å². The van der Waals surface area contributed by atoms with Crippen LogP contribution in [0, 0.1) is 6.92 Å². The lowest BCUT2D eigenvalue weighted by Crippen LogP contribution is -2.33. The molecule has 0 bridgehead atoms. The van der Waals surface area contributed by atoms with E-state index in [1.165, 1.54) is 11.1 Å². The molecule has 18 heavy (non-hydrogen) atoms. The molecule has 1 aromatic carbocycles. The molecule has 0 spiro atoms. The molecule has 1 rings (SSSR count). The van der Waals surface area contributed by atoms with Gasteiger partial charge in [0.2, 0.25) is 0 Å². The second kappa shape index (κ2) is 8.25. The Balaban J connectivity index is 2.43. The number of hydrogen-bond acceptors (Lipinski definition) is 3. The largest absolute Gasteiger partial charge is 0.352 e. The van der Waals surface area contributed by atoms with Gasteiger partial charge in [0.25, 0.3) is 0 Å². The van der Waals surface area contributed by atoms with Crippen LogP contribution in [-0.4, -0.2) is 26.0 Å². The first-order valence-electron chi connectivity index (χ1n) is 6.70. The van der Waals surface area contributed by atoms with Crippen molar-refractivity contribution in [2.45, 2.75) is 40.0 Å². The van der Waals surface area contributed by atoms with Gasteiger partial charge in [-0.1, -0.05) is 29.8 Å². The number of benzene rings is 1. The summed E-state index contributed by atoms with van der Waals surface area (Å²) in [5, 5.41) is 3.44. The van der Waals surface area contributed by atoms with Crippen LogP contribution in [0.15, 0.2) is 24.3 Å². The van der Waals surface area contributed by atoms with E-state index < -0.39 is 0 Å². The van der Waals surface area contributed by atoms with Crippen molar-refractivity contribution in [1.82, 2.24) is 5.32 Å². The van der Waals surface area contributed by atoms with Crippen LogP contribution in [0.2, 0.25) is 0 Å². The maximum absolute atomic E-state index is 5.50. The van der Waals surface area contributed by atoms with Gasteiger partial charge in [0.15, 0.2) is 6.29 Å². The highest BCUT2D eigenvalue weighted by Gasteiger charge is 2.10. The van der Waals surface area contributed by atoms with Gasteiger partial charge in [-0.25, -0.2) is 0 Å². The van der Waals surface area contributed by atoms with Crippen molar-refractivity contribution < 1.29 is 9.47 Å². The van der Waals surface area contributed by atoms with Crippen molar-refractivity contribution in [1.29, 1.82) is 0 Å². The zero-order chi connectivity index (χ0) is 13.4. The summed E-state index contributed by atoms with van der Waals surface area (Å²) in [5.41, 5.74) is 2.57. The summed E-state index contributed by atoms with van der Waals surface area (Å²) < 4.78 is 11.0.